The summed E-state index contributed by atoms with van der Waals surface area (Å²) in [4.78, 5) is 7.69. The Bertz CT molecular complexity index is 471. The van der Waals surface area contributed by atoms with E-state index >= 15 is 0 Å². The molecule has 0 fully saturated rings. The van der Waals surface area contributed by atoms with E-state index in [0.29, 0.717) is 0 Å². The van der Waals surface area contributed by atoms with Crippen molar-refractivity contribution in [1.82, 2.24) is 9.97 Å². The van der Waals surface area contributed by atoms with Crippen LogP contribution in [0.2, 0.25) is 0 Å². The summed E-state index contributed by atoms with van der Waals surface area (Å²) in [7, 11) is 1.86. The number of aromatic amines is 1. The molecule has 15 heavy (non-hydrogen) atoms. The van der Waals surface area contributed by atoms with Crippen LogP contribution in [0.25, 0.3) is 11.3 Å². The minimum atomic E-state index is 0.811. The van der Waals surface area contributed by atoms with Gasteiger partial charge in [0.05, 0.1) is 5.69 Å². The molecule has 0 saturated heterocycles. The van der Waals surface area contributed by atoms with Gasteiger partial charge in [-0.15, -0.1) is 0 Å². The molecule has 0 aliphatic rings. The molecule has 2 aromatic rings. The van der Waals surface area contributed by atoms with Gasteiger partial charge < -0.3 is 10.3 Å². The van der Waals surface area contributed by atoms with Gasteiger partial charge in [0.1, 0.15) is 0 Å². The number of rotatable bonds is 2. The van der Waals surface area contributed by atoms with Crippen LogP contribution in [0.3, 0.4) is 0 Å². The van der Waals surface area contributed by atoms with E-state index < -0.39 is 0 Å². The zero-order chi connectivity index (χ0) is 10.8. The molecule has 2 N–H and O–H groups in total. The van der Waals surface area contributed by atoms with E-state index in [1.54, 1.807) is 0 Å². The highest BCUT2D eigenvalue weighted by Gasteiger charge is 2.09. The smallest absolute Gasteiger partial charge is 0.200 e. The summed E-state index contributed by atoms with van der Waals surface area (Å²) in [5, 5.41) is 3.01. The third-order valence-corrected chi connectivity index (χ3v) is 2.52. The first-order chi connectivity index (χ1) is 7.22. The molecule has 78 valence electrons. The lowest BCUT2D eigenvalue weighted by Gasteiger charge is -2.02. The Labute approximate surface area is 89.6 Å². The van der Waals surface area contributed by atoms with E-state index in [1.165, 1.54) is 11.1 Å². The second-order valence-corrected chi connectivity index (χ2v) is 3.62. The average Bonchev–Trinajstić information content (AvgIpc) is 2.60. The SMILES string of the molecule is CNc1nc(-c2ccccc2C)c(C)[nH]1. The summed E-state index contributed by atoms with van der Waals surface area (Å²) in [5.74, 6) is 0.811. The van der Waals surface area contributed by atoms with Gasteiger partial charge in [-0.25, -0.2) is 4.98 Å². The van der Waals surface area contributed by atoms with Gasteiger partial charge in [-0.05, 0) is 19.4 Å². The van der Waals surface area contributed by atoms with Crippen molar-refractivity contribution < 1.29 is 0 Å². The third-order valence-electron chi connectivity index (χ3n) is 2.52. The number of H-pyrrole nitrogens is 1. The zero-order valence-electron chi connectivity index (χ0n) is 9.26. The van der Waals surface area contributed by atoms with Crippen molar-refractivity contribution >= 4 is 5.95 Å². The minimum Gasteiger partial charge on any atom is -0.359 e. The average molecular weight is 201 g/mol. The Hall–Kier alpha value is -1.77. The topological polar surface area (TPSA) is 40.7 Å². The molecule has 1 heterocycles. The van der Waals surface area contributed by atoms with Crippen LogP contribution in [-0.2, 0) is 0 Å². The quantitative estimate of drug-likeness (QED) is 0.784. The predicted molar refractivity (Wildman–Crippen MR) is 63.0 cm³/mol. The van der Waals surface area contributed by atoms with Crippen LogP contribution in [0.1, 0.15) is 11.3 Å². The summed E-state index contributed by atoms with van der Waals surface area (Å²) >= 11 is 0. The lowest BCUT2D eigenvalue weighted by Crippen LogP contribution is -1.89. The maximum absolute atomic E-state index is 4.49. The lowest BCUT2D eigenvalue weighted by atomic mass is 10.1. The van der Waals surface area contributed by atoms with Crippen molar-refractivity contribution in [2.75, 3.05) is 12.4 Å². The largest absolute Gasteiger partial charge is 0.359 e. The van der Waals surface area contributed by atoms with Gasteiger partial charge in [0.2, 0.25) is 5.95 Å². The molecule has 0 bridgehead atoms. The Kier molecular flexibility index (Phi) is 2.46. The highest BCUT2D eigenvalue weighted by Crippen LogP contribution is 2.25. The highest BCUT2D eigenvalue weighted by molar-refractivity contribution is 5.67. The third kappa shape index (κ3) is 1.73. The molecule has 0 aliphatic heterocycles. The second kappa shape index (κ2) is 3.77. The molecule has 0 atom stereocenters. The van der Waals surface area contributed by atoms with E-state index in [1.807, 2.05) is 26.1 Å². The molecule has 1 aromatic carbocycles. The zero-order valence-corrected chi connectivity index (χ0v) is 9.26. The summed E-state index contributed by atoms with van der Waals surface area (Å²) in [6.07, 6.45) is 0. The fourth-order valence-electron chi connectivity index (χ4n) is 1.68. The van der Waals surface area contributed by atoms with Crippen LogP contribution in [0.15, 0.2) is 24.3 Å². The van der Waals surface area contributed by atoms with Crippen LogP contribution >= 0.6 is 0 Å². The Balaban J connectivity index is 2.54. The van der Waals surface area contributed by atoms with Crippen LogP contribution < -0.4 is 5.32 Å². The van der Waals surface area contributed by atoms with Crippen molar-refractivity contribution in [1.29, 1.82) is 0 Å². The minimum absolute atomic E-state index is 0.811. The van der Waals surface area contributed by atoms with Crippen molar-refractivity contribution in [2.24, 2.45) is 0 Å². The van der Waals surface area contributed by atoms with Crippen molar-refractivity contribution in [3.8, 4) is 11.3 Å². The first-order valence-electron chi connectivity index (χ1n) is 5.02. The number of aryl methyl sites for hydroxylation is 2. The molecule has 0 radical (unpaired) electrons. The first-order valence-corrected chi connectivity index (χ1v) is 5.02. The number of aromatic nitrogens is 2. The van der Waals surface area contributed by atoms with Crippen LogP contribution in [0.5, 0.6) is 0 Å². The fourth-order valence-corrected chi connectivity index (χ4v) is 1.68. The first kappa shape index (κ1) is 9.77. The predicted octanol–water partition coefficient (Wildman–Crippen LogP) is 2.74. The number of benzene rings is 1. The van der Waals surface area contributed by atoms with Gasteiger partial charge in [-0.2, -0.15) is 0 Å². The normalized spacial score (nSPS) is 10.3. The molecule has 1 aromatic heterocycles. The van der Waals surface area contributed by atoms with Gasteiger partial charge in [-0.3, -0.25) is 0 Å². The van der Waals surface area contributed by atoms with Gasteiger partial charge in [0.25, 0.3) is 0 Å². The van der Waals surface area contributed by atoms with E-state index in [-0.39, 0.29) is 0 Å². The van der Waals surface area contributed by atoms with Crippen molar-refractivity contribution in [3.63, 3.8) is 0 Å². The van der Waals surface area contributed by atoms with Crippen LogP contribution in [0.4, 0.5) is 5.95 Å². The Morgan fingerprint density at radius 3 is 2.53 bits per heavy atom. The van der Waals surface area contributed by atoms with Crippen LogP contribution in [0, 0.1) is 13.8 Å². The number of nitrogens with zero attached hydrogens (tertiary/aromatic N) is 1. The summed E-state index contributed by atoms with van der Waals surface area (Å²) in [6.45, 7) is 4.14. The van der Waals surface area contributed by atoms with Gasteiger partial charge in [0.15, 0.2) is 0 Å². The summed E-state index contributed by atoms with van der Waals surface area (Å²) in [6, 6.07) is 8.27. The maximum Gasteiger partial charge on any atom is 0.200 e. The van der Waals surface area contributed by atoms with Crippen molar-refractivity contribution in [2.45, 2.75) is 13.8 Å². The second-order valence-electron chi connectivity index (χ2n) is 3.62. The number of nitrogens with one attached hydrogen (secondary N) is 2. The molecule has 0 spiro atoms. The Morgan fingerprint density at radius 2 is 1.93 bits per heavy atom. The van der Waals surface area contributed by atoms with E-state index in [0.717, 1.165) is 17.3 Å². The number of anilines is 1. The van der Waals surface area contributed by atoms with Crippen molar-refractivity contribution in [3.05, 3.63) is 35.5 Å². The molecule has 0 unspecified atom stereocenters. The molecule has 0 saturated carbocycles. The Morgan fingerprint density at radius 1 is 1.20 bits per heavy atom. The van der Waals surface area contributed by atoms with Gasteiger partial charge >= 0.3 is 0 Å². The van der Waals surface area contributed by atoms with Gasteiger partial charge in [0, 0.05) is 18.3 Å². The highest BCUT2D eigenvalue weighted by atomic mass is 15.1. The monoisotopic (exact) mass is 201 g/mol. The molecular formula is C12H15N3. The number of hydrogen-bond acceptors (Lipinski definition) is 2. The molecule has 2 rings (SSSR count). The van der Waals surface area contributed by atoms with E-state index in [4.69, 9.17) is 0 Å². The van der Waals surface area contributed by atoms with Crippen LogP contribution in [-0.4, -0.2) is 17.0 Å². The van der Waals surface area contributed by atoms with Gasteiger partial charge in [-0.1, -0.05) is 24.3 Å². The lowest BCUT2D eigenvalue weighted by molar-refractivity contribution is 1.23. The molecular weight excluding hydrogens is 186 g/mol. The summed E-state index contributed by atoms with van der Waals surface area (Å²) < 4.78 is 0. The summed E-state index contributed by atoms with van der Waals surface area (Å²) in [5.41, 5.74) is 4.55. The molecule has 3 nitrogen and oxygen atoms in total. The molecule has 3 heteroatoms. The van der Waals surface area contributed by atoms with E-state index in [2.05, 4.69) is 34.3 Å². The van der Waals surface area contributed by atoms with E-state index in [9.17, 15) is 0 Å². The standard InChI is InChI=1S/C12H15N3/c1-8-6-4-5-7-10(8)11-9(2)14-12(13-3)15-11/h4-7H,1-3H3,(H2,13,14,15). The number of imidazole rings is 1. The fraction of sp³-hybridized carbons (Fsp3) is 0.250. The molecule has 0 aliphatic carbocycles. The maximum atomic E-state index is 4.49. The number of hydrogen-bond donors (Lipinski definition) is 2. The molecule has 0 amide bonds.